The van der Waals surface area contributed by atoms with Crippen LogP contribution in [-0.2, 0) is 4.74 Å². The van der Waals surface area contributed by atoms with Crippen molar-refractivity contribution in [1.29, 1.82) is 0 Å². The molecule has 0 amide bonds. The van der Waals surface area contributed by atoms with Crippen molar-refractivity contribution in [3.8, 4) is 0 Å². The third-order valence-corrected chi connectivity index (χ3v) is 4.22. The predicted molar refractivity (Wildman–Crippen MR) is 48.4 cm³/mol. The summed E-state index contributed by atoms with van der Waals surface area (Å²) >= 11 is 6.18. The fraction of sp³-hybridized carbons (Fsp3) is 0.800. The minimum Gasteiger partial charge on any atom is -0.379 e. The molecule has 0 aliphatic carbocycles. The van der Waals surface area contributed by atoms with Crippen LogP contribution in [0.25, 0.3) is 0 Å². The number of morpholine rings is 1. The minimum atomic E-state index is -0.951. The van der Waals surface area contributed by atoms with Crippen LogP contribution in [0.15, 0.2) is 6.33 Å². The van der Waals surface area contributed by atoms with Crippen LogP contribution in [0.5, 0.6) is 0 Å². The molecule has 0 radical (unpaired) electrons. The van der Waals surface area contributed by atoms with Crippen molar-refractivity contribution in [2.45, 2.75) is 0 Å². The topological polar surface area (TPSA) is 56.1 Å². The molecule has 8 heteroatoms. The summed E-state index contributed by atoms with van der Waals surface area (Å²) in [5, 5.41) is 10.8. The van der Waals surface area contributed by atoms with Gasteiger partial charge in [-0.25, -0.2) is 4.67 Å². The Balaban J connectivity index is 1.99. The molecule has 0 saturated carbocycles. The van der Waals surface area contributed by atoms with Gasteiger partial charge in [-0.3, -0.25) is 0 Å². The molecule has 1 aromatic heterocycles. The van der Waals surface area contributed by atoms with E-state index in [0.717, 1.165) is 26.3 Å². The standard InChI is InChI=1S/C5H9ClN5OP/c6-13(11-5-7-8-9-11)10-1-3-12-4-2-10/h5H,1-4H2. The minimum absolute atomic E-state index is 0.730. The van der Waals surface area contributed by atoms with Crippen LogP contribution in [0.3, 0.4) is 0 Å². The lowest BCUT2D eigenvalue weighted by molar-refractivity contribution is 0.0750. The lowest BCUT2D eigenvalue weighted by Gasteiger charge is -2.28. The number of hydrogen-bond donors (Lipinski definition) is 0. The van der Waals surface area contributed by atoms with Crippen molar-refractivity contribution < 1.29 is 4.74 Å². The normalized spacial score (nSPS) is 21.6. The maximum atomic E-state index is 6.18. The quantitative estimate of drug-likeness (QED) is 0.674. The Labute approximate surface area is 81.4 Å². The third-order valence-electron chi connectivity index (χ3n) is 1.73. The SMILES string of the molecule is ClP(N1CCOCC1)n1cnnn1. The second kappa shape index (κ2) is 4.28. The molecule has 2 heterocycles. The Hall–Kier alpha value is -0.290. The zero-order valence-electron chi connectivity index (χ0n) is 6.88. The van der Waals surface area contributed by atoms with Gasteiger partial charge in [-0.05, 0) is 10.4 Å². The molecule has 1 unspecified atom stereocenters. The lowest BCUT2D eigenvalue weighted by atomic mass is 10.5. The van der Waals surface area contributed by atoms with Gasteiger partial charge in [0.2, 0.25) is 0 Å². The fourth-order valence-corrected chi connectivity index (χ4v) is 2.73. The number of hydrogen-bond acceptors (Lipinski definition) is 5. The summed E-state index contributed by atoms with van der Waals surface area (Å²) in [7, 11) is -0.951. The summed E-state index contributed by atoms with van der Waals surface area (Å²) in [4.78, 5) is 0. The van der Waals surface area contributed by atoms with Gasteiger partial charge < -0.3 is 4.74 Å². The van der Waals surface area contributed by atoms with Crippen LogP contribution in [0, 0.1) is 0 Å². The number of ether oxygens (including phenoxy) is 1. The Morgan fingerprint density at radius 1 is 1.38 bits per heavy atom. The van der Waals surface area contributed by atoms with Gasteiger partial charge in [0.05, 0.1) is 13.2 Å². The first-order valence-corrected chi connectivity index (χ1v) is 6.05. The van der Waals surface area contributed by atoms with Crippen molar-refractivity contribution in [1.82, 2.24) is 24.6 Å². The van der Waals surface area contributed by atoms with Gasteiger partial charge in [0.25, 0.3) is 0 Å². The first kappa shape index (κ1) is 9.27. The molecule has 0 N–H and O–H groups in total. The Kier molecular flexibility index (Phi) is 3.05. The van der Waals surface area contributed by atoms with Crippen molar-refractivity contribution in [2.75, 3.05) is 26.3 Å². The van der Waals surface area contributed by atoms with E-state index in [-0.39, 0.29) is 0 Å². The van der Waals surface area contributed by atoms with Gasteiger partial charge >= 0.3 is 0 Å². The summed E-state index contributed by atoms with van der Waals surface area (Å²) in [6.45, 7) is 3.14. The first-order valence-electron chi connectivity index (χ1n) is 3.90. The lowest BCUT2D eigenvalue weighted by Crippen LogP contribution is -2.32. The van der Waals surface area contributed by atoms with Gasteiger partial charge in [-0.1, -0.05) is 11.2 Å². The smallest absolute Gasteiger partial charge is 0.193 e. The maximum Gasteiger partial charge on any atom is 0.193 e. The van der Waals surface area contributed by atoms with Crippen LogP contribution in [0.2, 0.25) is 0 Å². The summed E-state index contributed by atoms with van der Waals surface area (Å²) in [6, 6.07) is 0. The van der Waals surface area contributed by atoms with E-state index in [2.05, 4.69) is 20.2 Å². The van der Waals surface area contributed by atoms with Crippen molar-refractivity contribution in [2.24, 2.45) is 0 Å². The molecule has 1 aromatic rings. The first-order chi connectivity index (χ1) is 6.38. The molecule has 0 bridgehead atoms. The van der Waals surface area contributed by atoms with E-state index in [1.54, 1.807) is 4.45 Å². The molecule has 1 aliphatic rings. The van der Waals surface area contributed by atoms with E-state index in [4.69, 9.17) is 16.0 Å². The van der Waals surface area contributed by atoms with E-state index in [1.165, 1.54) is 6.33 Å². The highest BCUT2D eigenvalue weighted by molar-refractivity contribution is 7.80. The average molecular weight is 222 g/mol. The highest BCUT2D eigenvalue weighted by Gasteiger charge is 2.21. The maximum absolute atomic E-state index is 6.18. The van der Waals surface area contributed by atoms with Crippen LogP contribution in [0.1, 0.15) is 0 Å². The molecule has 6 nitrogen and oxygen atoms in total. The van der Waals surface area contributed by atoms with E-state index < -0.39 is 7.58 Å². The molecular weight excluding hydrogens is 213 g/mol. The number of aromatic nitrogens is 4. The van der Waals surface area contributed by atoms with E-state index in [0.29, 0.717) is 0 Å². The van der Waals surface area contributed by atoms with Crippen LogP contribution < -0.4 is 0 Å². The Morgan fingerprint density at radius 2 is 2.15 bits per heavy atom. The highest BCUT2D eigenvalue weighted by atomic mass is 35.7. The molecule has 0 aromatic carbocycles. The molecule has 72 valence electrons. The van der Waals surface area contributed by atoms with E-state index >= 15 is 0 Å². The zero-order chi connectivity index (χ0) is 9.10. The number of rotatable bonds is 2. The average Bonchev–Trinajstić information content (AvgIpc) is 2.71. The van der Waals surface area contributed by atoms with E-state index in [9.17, 15) is 0 Å². The third kappa shape index (κ3) is 2.14. The molecule has 0 spiro atoms. The second-order valence-electron chi connectivity index (χ2n) is 2.54. The molecule has 1 atom stereocenters. The summed E-state index contributed by atoms with van der Waals surface area (Å²) in [5.74, 6) is 0. The number of halogens is 1. The van der Waals surface area contributed by atoms with Gasteiger partial charge in [0, 0.05) is 13.1 Å². The van der Waals surface area contributed by atoms with Gasteiger partial charge in [-0.2, -0.15) is 4.45 Å². The molecule has 1 saturated heterocycles. The van der Waals surface area contributed by atoms with Crippen LogP contribution in [0.4, 0.5) is 0 Å². The largest absolute Gasteiger partial charge is 0.379 e. The van der Waals surface area contributed by atoms with Crippen molar-refractivity contribution in [3.63, 3.8) is 0 Å². The predicted octanol–water partition coefficient (Wildman–Crippen LogP) is 0.319. The zero-order valence-corrected chi connectivity index (χ0v) is 8.53. The van der Waals surface area contributed by atoms with Crippen LogP contribution in [-0.4, -0.2) is 51.0 Å². The fourth-order valence-electron chi connectivity index (χ4n) is 1.08. The second-order valence-corrected chi connectivity index (χ2v) is 4.90. The molecule has 2 rings (SSSR count). The van der Waals surface area contributed by atoms with Gasteiger partial charge in [0.1, 0.15) is 6.33 Å². The Morgan fingerprint density at radius 3 is 2.77 bits per heavy atom. The van der Waals surface area contributed by atoms with Crippen molar-refractivity contribution >= 4 is 18.8 Å². The molecule has 1 fully saturated rings. The number of tetrazole rings is 1. The van der Waals surface area contributed by atoms with Gasteiger partial charge in [-0.15, -0.1) is 5.10 Å². The molecule has 13 heavy (non-hydrogen) atoms. The summed E-state index contributed by atoms with van der Waals surface area (Å²) in [5.41, 5.74) is 0. The monoisotopic (exact) mass is 221 g/mol. The van der Waals surface area contributed by atoms with Gasteiger partial charge in [0.15, 0.2) is 7.58 Å². The number of nitrogens with zero attached hydrogens (tertiary/aromatic N) is 5. The summed E-state index contributed by atoms with van der Waals surface area (Å²) < 4.78 is 8.92. The van der Waals surface area contributed by atoms with E-state index in [1.807, 2.05) is 0 Å². The Bertz CT molecular complexity index is 251. The van der Waals surface area contributed by atoms with Crippen LogP contribution >= 0.6 is 18.8 Å². The van der Waals surface area contributed by atoms with Crippen molar-refractivity contribution in [3.05, 3.63) is 6.33 Å². The molecular formula is C5H9ClN5OP. The highest BCUT2D eigenvalue weighted by Crippen LogP contribution is 2.45. The summed E-state index contributed by atoms with van der Waals surface area (Å²) in [6.07, 6.45) is 1.54. The molecule has 1 aliphatic heterocycles.